The Kier molecular flexibility index (Phi) is 3.12. The molecule has 1 atom stereocenters. The van der Waals surface area contributed by atoms with Gasteiger partial charge in [0.05, 0.1) is 12.3 Å². The fourth-order valence-corrected chi connectivity index (χ4v) is 2.54. The number of nitrogens with two attached hydrogens (primary N) is 1. The molecule has 2 N–H and O–H groups in total. The van der Waals surface area contributed by atoms with Crippen molar-refractivity contribution in [3.63, 3.8) is 0 Å². The second-order valence-electron chi connectivity index (χ2n) is 4.33. The van der Waals surface area contributed by atoms with E-state index in [2.05, 4.69) is 15.9 Å². The van der Waals surface area contributed by atoms with Crippen molar-refractivity contribution in [3.8, 4) is 0 Å². The summed E-state index contributed by atoms with van der Waals surface area (Å²) in [5.74, 6) is -0.319. The van der Waals surface area contributed by atoms with Crippen LogP contribution in [-0.2, 0) is 0 Å². The van der Waals surface area contributed by atoms with E-state index in [1.54, 1.807) is 18.4 Å². The van der Waals surface area contributed by atoms with Gasteiger partial charge in [-0.15, -0.1) is 0 Å². The molecule has 0 aliphatic rings. The predicted molar refractivity (Wildman–Crippen MR) is 76.3 cm³/mol. The molecular weight excluding hydrogens is 309 g/mol. The number of benzene rings is 2. The highest BCUT2D eigenvalue weighted by atomic mass is 79.9. The number of halogens is 2. The molecule has 2 nitrogen and oxygen atoms in total. The minimum atomic E-state index is -0.554. The van der Waals surface area contributed by atoms with Crippen LogP contribution < -0.4 is 5.73 Å². The van der Waals surface area contributed by atoms with Gasteiger partial charge in [-0.1, -0.05) is 34.1 Å². The Morgan fingerprint density at radius 1 is 1.11 bits per heavy atom. The van der Waals surface area contributed by atoms with Gasteiger partial charge in [-0.3, -0.25) is 0 Å². The second-order valence-corrected chi connectivity index (χ2v) is 5.25. The molecule has 0 amide bonds. The molecule has 3 aromatic rings. The van der Waals surface area contributed by atoms with E-state index in [1.165, 1.54) is 6.07 Å². The molecule has 0 aliphatic heterocycles. The van der Waals surface area contributed by atoms with Crippen LogP contribution in [0.2, 0.25) is 0 Å². The molecular formula is C15H11BrFNO. The number of furan rings is 1. The van der Waals surface area contributed by atoms with Crippen LogP contribution in [0.25, 0.3) is 11.0 Å². The summed E-state index contributed by atoms with van der Waals surface area (Å²) >= 11 is 3.33. The van der Waals surface area contributed by atoms with Crippen molar-refractivity contribution in [2.75, 3.05) is 0 Å². The van der Waals surface area contributed by atoms with Crippen molar-refractivity contribution in [3.05, 3.63) is 70.1 Å². The first-order valence-corrected chi connectivity index (χ1v) is 6.63. The van der Waals surface area contributed by atoms with Gasteiger partial charge in [0.1, 0.15) is 11.4 Å². The van der Waals surface area contributed by atoms with E-state index >= 15 is 0 Å². The van der Waals surface area contributed by atoms with Crippen LogP contribution in [0.4, 0.5) is 4.39 Å². The van der Waals surface area contributed by atoms with Gasteiger partial charge < -0.3 is 10.2 Å². The van der Waals surface area contributed by atoms with Gasteiger partial charge in [-0.05, 0) is 24.3 Å². The Balaban J connectivity index is 2.13. The highest BCUT2D eigenvalue weighted by Crippen LogP contribution is 2.31. The van der Waals surface area contributed by atoms with Crippen molar-refractivity contribution in [2.24, 2.45) is 5.73 Å². The Hall–Kier alpha value is -1.65. The van der Waals surface area contributed by atoms with E-state index in [-0.39, 0.29) is 5.82 Å². The number of para-hydroxylation sites is 1. The highest BCUT2D eigenvalue weighted by Gasteiger charge is 2.18. The number of rotatable bonds is 2. The van der Waals surface area contributed by atoms with E-state index < -0.39 is 6.04 Å². The maximum Gasteiger partial charge on any atom is 0.134 e. The number of fused-ring (bicyclic) bond motifs is 1. The SMILES string of the molecule is NC(c1cc(Br)ccc1F)c1coc2ccccc12. The molecule has 1 heterocycles. The van der Waals surface area contributed by atoms with Crippen molar-refractivity contribution in [1.82, 2.24) is 0 Å². The van der Waals surface area contributed by atoms with Crippen molar-refractivity contribution in [1.29, 1.82) is 0 Å². The van der Waals surface area contributed by atoms with Crippen LogP contribution in [0.5, 0.6) is 0 Å². The van der Waals surface area contributed by atoms with E-state index in [9.17, 15) is 4.39 Å². The lowest BCUT2D eigenvalue weighted by Gasteiger charge is -2.12. The smallest absolute Gasteiger partial charge is 0.134 e. The minimum Gasteiger partial charge on any atom is -0.464 e. The Labute approximate surface area is 118 Å². The van der Waals surface area contributed by atoms with Crippen molar-refractivity contribution in [2.45, 2.75) is 6.04 Å². The molecule has 0 aliphatic carbocycles. The predicted octanol–water partition coefficient (Wildman–Crippen LogP) is 4.38. The molecule has 0 radical (unpaired) electrons. The second kappa shape index (κ2) is 4.79. The maximum atomic E-state index is 13.9. The maximum absolute atomic E-state index is 13.9. The lowest BCUT2D eigenvalue weighted by atomic mass is 9.99. The fraction of sp³-hybridized carbons (Fsp3) is 0.0667. The molecule has 0 saturated heterocycles. The average Bonchev–Trinajstić information content (AvgIpc) is 2.84. The Morgan fingerprint density at radius 2 is 1.89 bits per heavy atom. The lowest BCUT2D eigenvalue weighted by Crippen LogP contribution is -2.13. The summed E-state index contributed by atoms with van der Waals surface area (Å²) in [7, 11) is 0. The topological polar surface area (TPSA) is 39.2 Å². The molecule has 3 rings (SSSR count). The molecule has 19 heavy (non-hydrogen) atoms. The molecule has 0 fully saturated rings. The summed E-state index contributed by atoms with van der Waals surface area (Å²) in [4.78, 5) is 0. The summed E-state index contributed by atoms with van der Waals surface area (Å²) in [6.45, 7) is 0. The van der Waals surface area contributed by atoms with Gasteiger partial charge in [-0.2, -0.15) is 0 Å². The quantitative estimate of drug-likeness (QED) is 0.761. The Bertz CT molecular complexity index is 738. The van der Waals surface area contributed by atoms with Crippen LogP contribution in [-0.4, -0.2) is 0 Å². The standard InChI is InChI=1S/C15H11BrFNO/c16-9-5-6-13(17)11(7-9)15(18)12-8-19-14-4-2-1-3-10(12)14/h1-8,15H,18H2. The molecule has 1 unspecified atom stereocenters. The summed E-state index contributed by atoms with van der Waals surface area (Å²) in [6.07, 6.45) is 1.59. The molecule has 2 aromatic carbocycles. The van der Waals surface area contributed by atoms with Gasteiger partial charge in [0.15, 0.2) is 0 Å². The molecule has 1 aromatic heterocycles. The van der Waals surface area contributed by atoms with Gasteiger partial charge in [-0.25, -0.2) is 4.39 Å². The van der Waals surface area contributed by atoms with Crippen LogP contribution in [0.3, 0.4) is 0 Å². The first-order chi connectivity index (χ1) is 9.16. The van der Waals surface area contributed by atoms with E-state index in [1.807, 2.05) is 24.3 Å². The first kappa shape index (κ1) is 12.4. The molecule has 0 spiro atoms. The van der Waals surface area contributed by atoms with Crippen molar-refractivity contribution < 1.29 is 8.81 Å². The molecule has 0 saturated carbocycles. The molecule has 4 heteroatoms. The van der Waals surface area contributed by atoms with Crippen molar-refractivity contribution >= 4 is 26.9 Å². The highest BCUT2D eigenvalue weighted by molar-refractivity contribution is 9.10. The summed E-state index contributed by atoms with van der Waals surface area (Å²) in [6, 6.07) is 11.8. The van der Waals surface area contributed by atoms with Gasteiger partial charge in [0.25, 0.3) is 0 Å². The van der Waals surface area contributed by atoms with Gasteiger partial charge in [0, 0.05) is 21.0 Å². The Morgan fingerprint density at radius 3 is 2.74 bits per heavy atom. The number of hydrogen-bond acceptors (Lipinski definition) is 2. The average molecular weight is 320 g/mol. The molecule has 96 valence electrons. The molecule has 0 bridgehead atoms. The van der Waals surface area contributed by atoms with E-state index in [4.69, 9.17) is 10.2 Å². The summed E-state index contributed by atoms with van der Waals surface area (Å²) in [5, 5.41) is 0.911. The zero-order valence-electron chi connectivity index (χ0n) is 9.94. The third-order valence-electron chi connectivity index (χ3n) is 3.14. The van der Waals surface area contributed by atoms with Gasteiger partial charge in [0.2, 0.25) is 0 Å². The van der Waals surface area contributed by atoms with E-state index in [0.717, 1.165) is 21.0 Å². The minimum absolute atomic E-state index is 0.319. The lowest BCUT2D eigenvalue weighted by molar-refractivity contribution is 0.588. The monoisotopic (exact) mass is 319 g/mol. The number of hydrogen-bond donors (Lipinski definition) is 1. The van der Waals surface area contributed by atoms with E-state index in [0.29, 0.717) is 5.56 Å². The van der Waals surface area contributed by atoms with Crippen LogP contribution in [0.1, 0.15) is 17.2 Å². The van der Waals surface area contributed by atoms with Crippen LogP contribution in [0.15, 0.2) is 57.6 Å². The van der Waals surface area contributed by atoms with Gasteiger partial charge >= 0.3 is 0 Å². The summed E-state index contributed by atoms with van der Waals surface area (Å²) < 4.78 is 20.1. The summed E-state index contributed by atoms with van der Waals surface area (Å²) in [5.41, 5.74) is 8.16. The van der Waals surface area contributed by atoms with Crippen LogP contribution >= 0.6 is 15.9 Å². The first-order valence-electron chi connectivity index (χ1n) is 5.83. The largest absolute Gasteiger partial charge is 0.464 e. The van der Waals surface area contributed by atoms with Crippen LogP contribution in [0, 0.1) is 5.82 Å². The zero-order valence-corrected chi connectivity index (χ0v) is 11.5. The zero-order chi connectivity index (χ0) is 13.4. The fourth-order valence-electron chi connectivity index (χ4n) is 2.16. The third-order valence-corrected chi connectivity index (χ3v) is 3.63. The third kappa shape index (κ3) is 2.17. The normalized spacial score (nSPS) is 12.8.